The largest absolute Gasteiger partial charge is 0.467 e. The van der Waals surface area contributed by atoms with Crippen molar-refractivity contribution in [1.82, 2.24) is 16.0 Å². The number of thiophene rings is 1. The van der Waals surface area contributed by atoms with Gasteiger partial charge in [-0.15, -0.1) is 11.3 Å². The van der Waals surface area contributed by atoms with Gasteiger partial charge in [0, 0.05) is 34.3 Å². The van der Waals surface area contributed by atoms with E-state index < -0.39 is 0 Å². The van der Waals surface area contributed by atoms with Crippen LogP contribution in [-0.2, 0) is 19.5 Å². The molecule has 164 valence electrons. The van der Waals surface area contributed by atoms with Crippen LogP contribution in [0.15, 0.2) is 64.2 Å². The summed E-state index contributed by atoms with van der Waals surface area (Å²) in [5.41, 5.74) is 1.59. The summed E-state index contributed by atoms with van der Waals surface area (Å²) >= 11 is 1.83. The van der Waals surface area contributed by atoms with Crippen molar-refractivity contribution in [2.75, 3.05) is 6.54 Å². The molecule has 3 aromatic rings. The maximum absolute atomic E-state index is 12.4. The van der Waals surface area contributed by atoms with E-state index in [9.17, 15) is 4.79 Å². The standard InChI is InChI=1S/C24H30N4O2S/c1-4-25-24(28-17(2)13-22-11-10-18(3)31-22)27-15-19-7-5-8-20(14-19)23(29)26-16-21-9-6-12-30-21/h5-12,14,17H,4,13,15-16H2,1-3H3,(H,26,29)(H2,25,27,28). The zero-order chi connectivity index (χ0) is 22.1. The van der Waals surface area contributed by atoms with E-state index in [0.717, 1.165) is 30.2 Å². The van der Waals surface area contributed by atoms with Crippen molar-refractivity contribution in [2.24, 2.45) is 4.99 Å². The van der Waals surface area contributed by atoms with Crippen LogP contribution in [-0.4, -0.2) is 24.5 Å². The predicted octanol–water partition coefficient (Wildman–Crippen LogP) is 4.27. The van der Waals surface area contributed by atoms with E-state index in [2.05, 4.69) is 48.9 Å². The predicted molar refractivity (Wildman–Crippen MR) is 126 cm³/mol. The first-order valence-corrected chi connectivity index (χ1v) is 11.3. The second kappa shape index (κ2) is 11.4. The molecule has 0 spiro atoms. The summed E-state index contributed by atoms with van der Waals surface area (Å²) in [7, 11) is 0. The van der Waals surface area contributed by atoms with Crippen LogP contribution in [0.25, 0.3) is 0 Å². The molecular formula is C24H30N4O2S. The Balaban J connectivity index is 1.58. The van der Waals surface area contributed by atoms with Crippen LogP contribution in [0.5, 0.6) is 0 Å². The number of carbonyl (C=O) groups excluding carboxylic acids is 1. The van der Waals surface area contributed by atoms with Crippen molar-refractivity contribution < 1.29 is 9.21 Å². The SMILES string of the molecule is CCNC(=NCc1cccc(C(=O)NCc2ccco2)c1)NC(C)Cc1ccc(C)s1. The molecule has 6 nitrogen and oxygen atoms in total. The van der Waals surface area contributed by atoms with E-state index in [4.69, 9.17) is 9.41 Å². The van der Waals surface area contributed by atoms with Crippen LogP contribution in [0.1, 0.15) is 45.3 Å². The Kier molecular flexibility index (Phi) is 8.29. The van der Waals surface area contributed by atoms with Crippen molar-refractivity contribution in [3.05, 3.63) is 81.4 Å². The topological polar surface area (TPSA) is 78.7 Å². The molecule has 1 unspecified atom stereocenters. The van der Waals surface area contributed by atoms with E-state index >= 15 is 0 Å². The molecule has 31 heavy (non-hydrogen) atoms. The lowest BCUT2D eigenvalue weighted by molar-refractivity contribution is 0.0948. The highest BCUT2D eigenvalue weighted by Gasteiger charge is 2.09. The second-order valence-corrected chi connectivity index (χ2v) is 8.79. The van der Waals surface area contributed by atoms with E-state index in [1.165, 1.54) is 9.75 Å². The van der Waals surface area contributed by atoms with Crippen LogP contribution in [0.4, 0.5) is 0 Å². The Labute approximate surface area is 187 Å². The summed E-state index contributed by atoms with van der Waals surface area (Å²) in [5, 5.41) is 9.65. The molecule has 0 aliphatic rings. The highest BCUT2D eigenvalue weighted by Crippen LogP contribution is 2.16. The second-order valence-electron chi connectivity index (χ2n) is 7.42. The van der Waals surface area contributed by atoms with Crippen molar-refractivity contribution in [3.63, 3.8) is 0 Å². The summed E-state index contributed by atoms with van der Waals surface area (Å²) in [6.45, 7) is 7.97. The molecule has 7 heteroatoms. The van der Waals surface area contributed by atoms with E-state index in [0.29, 0.717) is 18.7 Å². The molecule has 0 bridgehead atoms. The summed E-state index contributed by atoms with van der Waals surface area (Å²) in [4.78, 5) is 19.8. The molecule has 0 aliphatic carbocycles. The summed E-state index contributed by atoms with van der Waals surface area (Å²) in [6, 6.07) is 15.8. The molecule has 2 heterocycles. The molecule has 0 saturated carbocycles. The Morgan fingerprint density at radius 3 is 2.74 bits per heavy atom. The van der Waals surface area contributed by atoms with Crippen molar-refractivity contribution in [3.8, 4) is 0 Å². The van der Waals surface area contributed by atoms with Gasteiger partial charge in [0.25, 0.3) is 5.91 Å². The number of nitrogens with zero attached hydrogens (tertiary/aromatic N) is 1. The van der Waals surface area contributed by atoms with Crippen LogP contribution < -0.4 is 16.0 Å². The molecule has 0 aliphatic heterocycles. The summed E-state index contributed by atoms with van der Waals surface area (Å²) in [6.07, 6.45) is 2.55. The molecule has 1 aromatic carbocycles. The molecule has 3 rings (SSSR count). The summed E-state index contributed by atoms with van der Waals surface area (Å²) < 4.78 is 5.26. The monoisotopic (exact) mass is 438 g/mol. The lowest BCUT2D eigenvalue weighted by atomic mass is 10.1. The summed E-state index contributed by atoms with van der Waals surface area (Å²) in [5.74, 6) is 1.37. The van der Waals surface area contributed by atoms with Crippen molar-refractivity contribution in [1.29, 1.82) is 0 Å². The Morgan fingerprint density at radius 1 is 1.16 bits per heavy atom. The Morgan fingerprint density at radius 2 is 2.03 bits per heavy atom. The highest BCUT2D eigenvalue weighted by atomic mass is 32.1. The number of rotatable bonds is 9. The number of nitrogens with one attached hydrogen (secondary N) is 3. The van der Waals surface area contributed by atoms with Gasteiger partial charge in [0.2, 0.25) is 0 Å². The molecule has 1 atom stereocenters. The van der Waals surface area contributed by atoms with Gasteiger partial charge >= 0.3 is 0 Å². The van der Waals surface area contributed by atoms with Gasteiger partial charge in [0.05, 0.1) is 19.4 Å². The Hall–Kier alpha value is -3.06. The van der Waals surface area contributed by atoms with Gasteiger partial charge in [0.15, 0.2) is 5.96 Å². The van der Waals surface area contributed by atoms with Gasteiger partial charge in [-0.1, -0.05) is 12.1 Å². The highest BCUT2D eigenvalue weighted by molar-refractivity contribution is 7.11. The fraction of sp³-hybridized carbons (Fsp3) is 0.333. The first kappa shape index (κ1) is 22.6. The van der Waals surface area contributed by atoms with E-state index in [-0.39, 0.29) is 11.9 Å². The quantitative estimate of drug-likeness (QED) is 0.344. The number of amides is 1. The lowest BCUT2D eigenvalue weighted by Crippen LogP contribution is -2.43. The fourth-order valence-corrected chi connectivity index (χ4v) is 4.18. The van der Waals surface area contributed by atoms with Gasteiger partial charge < -0.3 is 20.4 Å². The number of hydrogen-bond acceptors (Lipinski definition) is 4. The molecule has 0 fully saturated rings. The third-order valence-electron chi connectivity index (χ3n) is 4.64. The number of aliphatic imine (C=N–C) groups is 1. The molecule has 0 radical (unpaired) electrons. The van der Waals surface area contributed by atoms with Gasteiger partial charge in [-0.25, -0.2) is 4.99 Å². The van der Waals surface area contributed by atoms with Gasteiger partial charge in [-0.2, -0.15) is 0 Å². The first-order chi connectivity index (χ1) is 15.0. The Bertz CT molecular complexity index is 995. The molecule has 3 N–H and O–H groups in total. The number of aryl methyl sites for hydroxylation is 1. The van der Waals surface area contributed by atoms with Gasteiger partial charge in [-0.05, 0) is 62.7 Å². The van der Waals surface area contributed by atoms with Crippen molar-refractivity contribution in [2.45, 2.75) is 46.3 Å². The van der Waals surface area contributed by atoms with Crippen molar-refractivity contribution >= 4 is 23.2 Å². The average Bonchev–Trinajstić information content (AvgIpc) is 3.42. The fourth-order valence-electron chi connectivity index (χ4n) is 3.16. The van der Waals surface area contributed by atoms with Crippen LogP contribution in [0.2, 0.25) is 0 Å². The lowest BCUT2D eigenvalue weighted by Gasteiger charge is -2.17. The van der Waals surface area contributed by atoms with Gasteiger partial charge in [0.1, 0.15) is 5.76 Å². The maximum Gasteiger partial charge on any atom is 0.251 e. The number of benzene rings is 1. The minimum Gasteiger partial charge on any atom is -0.467 e. The smallest absolute Gasteiger partial charge is 0.251 e. The number of carbonyl (C=O) groups is 1. The van der Waals surface area contributed by atoms with Crippen LogP contribution >= 0.6 is 11.3 Å². The maximum atomic E-state index is 12.4. The van der Waals surface area contributed by atoms with E-state index in [1.807, 2.05) is 35.6 Å². The normalized spacial score (nSPS) is 12.4. The number of furan rings is 1. The first-order valence-electron chi connectivity index (χ1n) is 10.5. The minimum absolute atomic E-state index is 0.132. The van der Waals surface area contributed by atoms with Crippen LogP contribution in [0.3, 0.4) is 0 Å². The number of hydrogen-bond donors (Lipinski definition) is 3. The molecule has 0 saturated heterocycles. The zero-order valence-corrected chi connectivity index (χ0v) is 19.1. The zero-order valence-electron chi connectivity index (χ0n) is 18.3. The third kappa shape index (κ3) is 7.29. The van der Waals surface area contributed by atoms with Gasteiger partial charge in [-0.3, -0.25) is 4.79 Å². The molecule has 1 amide bonds. The molecule has 2 aromatic heterocycles. The van der Waals surface area contributed by atoms with Crippen LogP contribution in [0, 0.1) is 6.92 Å². The number of guanidine groups is 1. The average molecular weight is 439 g/mol. The molecular weight excluding hydrogens is 408 g/mol. The van der Waals surface area contributed by atoms with E-state index in [1.54, 1.807) is 18.4 Å². The minimum atomic E-state index is -0.132. The third-order valence-corrected chi connectivity index (χ3v) is 5.67.